The first-order valence-electron chi connectivity index (χ1n) is 9.44. The van der Waals surface area contributed by atoms with Gasteiger partial charge in [-0.05, 0) is 49.1 Å². The predicted molar refractivity (Wildman–Crippen MR) is 107 cm³/mol. The van der Waals surface area contributed by atoms with Crippen molar-refractivity contribution >= 4 is 17.4 Å². The van der Waals surface area contributed by atoms with Crippen LogP contribution in [0.5, 0.6) is 5.75 Å². The summed E-state index contributed by atoms with van der Waals surface area (Å²) in [5.41, 5.74) is 3.48. The Labute approximate surface area is 168 Å². The third-order valence-corrected chi connectivity index (χ3v) is 4.68. The van der Waals surface area contributed by atoms with Crippen molar-refractivity contribution in [2.24, 2.45) is 0 Å². The van der Waals surface area contributed by atoms with Gasteiger partial charge >= 0.3 is 0 Å². The molecule has 0 bridgehead atoms. The van der Waals surface area contributed by atoms with Crippen LogP contribution in [0.15, 0.2) is 48.9 Å². The summed E-state index contributed by atoms with van der Waals surface area (Å²) in [5.74, 6) is 1.06. The monoisotopic (exact) mass is 385 g/mol. The highest BCUT2D eigenvalue weighted by Gasteiger charge is 2.18. The van der Waals surface area contributed by atoms with E-state index in [9.17, 15) is 10.1 Å². The standard InChI is InChI=1S/C22H19N5O2/c23-12-16-9-17(11-18(10-16)29-14-15-5-7-24-8-6-15)26-22-25-13-19-20(27-22)3-1-2-4-21(19)28/h5-11,13H,1-4,14H2,(H,25,26,27). The Bertz CT molecular complexity index is 1080. The van der Waals surface area contributed by atoms with Crippen molar-refractivity contribution in [1.82, 2.24) is 15.0 Å². The van der Waals surface area contributed by atoms with Crippen molar-refractivity contribution in [1.29, 1.82) is 5.26 Å². The topological polar surface area (TPSA) is 101 Å². The van der Waals surface area contributed by atoms with Crippen LogP contribution in [0.3, 0.4) is 0 Å². The summed E-state index contributed by atoms with van der Waals surface area (Å²) < 4.78 is 5.83. The van der Waals surface area contributed by atoms with Crippen LogP contribution in [-0.4, -0.2) is 20.7 Å². The fraction of sp³-hybridized carbons (Fsp3) is 0.227. The number of rotatable bonds is 5. The lowest BCUT2D eigenvalue weighted by atomic mass is 10.1. The smallest absolute Gasteiger partial charge is 0.227 e. The number of nitriles is 1. The molecule has 0 fully saturated rings. The normalized spacial score (nSPS) is 13.1. The van der Waals surface area contributed by atoms with Crippen LogP contribution in [0.4, 0.5) is 11.6 Å². The maximum absolute atomic E-state index is 12.1. The Balaban J connectivity index is 1.54. The second-order valence-electron chi connectivity index (χ2n) is 6.81. The largest absolute Gasteiger partial charge is 0.489 e. The number of benzene rings is 1. The molecule has 1 aliphatic rings. The summed E-state index contributed by atoms with van der Waals surface area (Å²) in [7, 11) is 0. The van der Waals surface area contributed by atoms with Gasteiger partial charge in [0.05, 0.1) is 22.9 Å². The van der Waals surface area contributed by atoms with Crippen molar-refractivity contribution in [3.63, 3.8) is 0 Å². The molecule has 144 valence electrons. The number of nitrogens with one attached hydrogen (secondary N) is 1. The molecule has 0 amide bonds. The molecule has 0 saturated heterocycles. The van der Waals surface area contributed by atoms with Gasteiger partial charge in [-0.25, -0.2) is 9.97 Å². The number of hydrogen-bond donors (Lipinski definition) is 1. The molecule has 0 aliphatic heterocycles. The van der Waals surface area contributed by atoms with E-state index >= 15 is 0 Å². The van der Waals surface area contributed by atoms with Gasteiger partial charge in [-0.3, -0.25) is 9.78 Å². The van der Waals surface area contributed by atoms with Gasteiger partial charge < -0.3 is 10.1 Å². The summed E-state index contributed by atoms with van der Waals surface area (Å²) in [6, 6.07) is 11.1. The number of Topliss-reactive ketones (excluding diaryl/α,β-unsaturated/α-hetero) is 1. The Kier molecular flexibility index (Phi) is 5.43. The first-order chi connectivity index (χ1) is 14.2. The number of aromatic nitrogens is 3. The van der Waals surface area contributed by atoms with Crippen LogP contribution in [0.25, 0.3) is 0 Å². The number of nitrogens with zero attached hydrogens (tertiary/aromatic N) is 4. The van der Waals surface area contributed by atoms with Crippen molar-refractivity contribution in [2.45, 2.75) is 32.3 Å². The molecule has 2 aromatic heterocycles. The molecule has 7 nitrogen and oxygen atoms in total. The third-order valence-electron chi connectivity index (χ3n) is 4.68. The molecule has 7 heteroatoms. The molecule has 1 aliphatic carbocycles. The van der Waals surface area contributed by atoms with E-state index in [4.69, 9.17) is 4.74 Å². The molecule has 4 rings (SSSR count). The fourth-order valence-corrected chi connectivity index (χ4v) is 3.21. The highest BCUT2D eigenvalue weighted by molar-refractivity contribution is 5.97. The molecule has 29 heavy (non-hydrogen) atoms. The van der Waals surface area contributed by atoms with Gasteiger partial charge in [0.15, 0.2) is 5.78 Å². The minimum Gasteiger partial charge on any atom is -0.489 e. The maximum Gasteiger partial charge on any atom is 0.227 e. The Morgan fingerprint density at radius 1 is 1.14 bits per heavy atom. The minimum atomic E-state index is 0.0994. The number of carbonyl (C=O) groups excluding carboxylic acids is 1. The molecule has 0 saturated carbocycles. The van der Waals surface area contributed by atoms with Crippen molar-refractivity contribution < 1.29 is 9.53 Å². The molecule has 0 unspecified atom stereocenters. The fourth-order valence-electron chi connectivity index (χ4n) is 3.21. The van der Waals surface area contributed by atoms with E-state index in [1.54, 1.807) is 36.8 Å². The zero-order valence-electron chi connectivity index (χ0n) is 15.8. The van der Waals surface area contributed by atoms with Crippen molar-refractivity contribution in [3.05, 3.63) is 71.3 Å². The van der Waals surface area contributed by atoms with Crippen LogP contribution in [-0.2, 0) is 13.0 Å². The summed E-state index contributed by atoms with van der Waals surface area (Å²) >= 11 is 0. The molecular weight excluding hydrogens is 366 g/mol. The second kappa shape index (κ2) is 8.48. The summed E-state index contributed by atoms with van der Waals surface area (Å²) in [6.07, 6.45) is 8.12. The molecule has 0 atom stereocenters. The molecule has 0 radical (unpaired) electrons. The molecule has 1 aromatic carbocycles. The maximum atomic E-state index is 12.1. The van der Waals surface area contributed by atoms with Gasteiger partial charge in [0.1, 0.15) is 12.4 Å². The zero-order chi connectivity index (χ0) is 20.1. The van der Waals surface area contributed by atoms with Crippen LogP contribution in [0.2, 0.25) is 0 Å². The number of fused-ring (bicyclic) bond motifs is 1. The van der Waals surface area contributed by atoms with Gasteiger partial charge in [-0.1, -0.05) is 0 Å². The predicted octanol–water partition coefficient (Wildman–Crippen LogP) is 3.97. The van der Waals surface area contributed by atoms with E-state index in [-0.39, 0.29) is 5.78 Å². The van der Waals surface area contributed by atoms with Crippen LogP contribution in [0.1, 0.15) is 46.4 Å². The number of ether oxygens (including phenoxy) is 1. The van der Waals surface area contributed by atoms with Gasteiger partial charge in [0.2, 0.25) is 5.95 Å². The van der Waals surface area contributed by atoms with Crippen LogP contribution >= 0.6 is 0 Å². The minimum absolute atomic E-state index is 0.0994. The first kappa shape index (κ1) is 18.6. The first-order valence-corrected chi connectivity index (χ1v) is 9.44. The van der Waals surface area contributed by atoms with Crippen LogP contribution < -0.4 is 10.1 Å². The number of pyridine rings is 1. The number of anilines is 2. The van der Waals surface area contributed by atoms with Gasteiger partial charge in [0, 0.05) is 36.8 Å². The zero-order valence-corrected chi connectivity index (χ0v) is 15.8. The van der Waals surface area contributed by atoms with Crippen LogP contribution in [0, 0.1) is 11.3 Å². The third kappa shape index (κ3) is 4.55. The van der Waals surface area contributed by atoms with Crippen molar-refractivity contribution in [3.8, 4) is 11.8 Å². The highest BCUT2D eigenvalue weighted by Crippen LogP contribution is 2.25. The lowest BCUT2D eigenvalue weighted by molar-refractivity contribution is 0.0981. The Morgan fingerprint density at radius 2 is 1.97 bits per heavy atom. The van der Waals surface area contributed by atoms with Crippen molar-refractivity contribution in [2.75, 3.05) is 5.32 Å². The molecular formula is C22H19N5O2. The number of aryl methyl sites for hydroxylation is 1. The van der Waals surface area contributed by atoms with E-state index in [1.165, 1.54) is 0 Å². The van der Waals surface area contributed by atoms with E-state index in [2.05, 4.69) is 26.3 Å². The average Bonchev–Trinajstić information content (AvgIpc) is 2.94. The van der Waals surface area contributed by atoms with E-state index in [0.29, 0.717) is 41.5 Å². The highest BCUT2D eigenvalue weighted by atomic mass is 16.5. The summed E-state index contributed by atoms with van der Waals surface area (Å²) in [6.45, 7) is 0.369. The number of hydrogen-bond acceptors (Lipinski definition) is 7. The number of ketones is 1. The SMILES string of the molecule is N#Cc1cc(Nc2ncc3c(n2)CCCCC3=O)cc(OCc2ccncc2)c1. The molecule has 0 spiro atoms. The number of carbonyl (C=O) groups is 1. The molecule has 2 heterocycles. The quantitative estimate of drug-likeness (QED) is 0.663. The average molecular weight is 385 g/mol. The Hall–Kier alpha value is -3.79. The van der Waals surface area contributed by atoms with Gasteiger partial charge in [-0.15, -0.1) is 0 Å². The lowest BCUT2D eigenvalue weighted by Gasteiger charge is -2.11. The van der Waals surface area contributed by atoms with E-state index in [0.717, 1.165) is 30.5 Å². The van der Waals surface area contributed by atoms with E-state index in [1.807, 2.05) is 12.1 Å². The molecule has 1 N–H and O–H groups in total. The summed E-state index contributed by atoms with van der Waals surface area (Å²) in [4.78, 5) is 24.9. The Morgan fingerprint density at radius 3 is 2.79 bits per heavy atom. The van der Waals surface area contributed by atoms with Gasteiger partial charge in [-0.2, -0.15) is 5.26 Å². The van der Waals surface area contributed by atoms with Gasteiger partial charge in [0.25, 0.3) is 0 Å². The summed E-state index contributed by atoms with van der Waals surface area (Å²) in [5, 5.41) is 12.5. The second-order valence-corrected chi connectivity index (χ2v) is 6.81. The van der Waals surface area contributed by atoms with E-state index < -0.39 is 0 Å². The lowest BCUT2D eigenvalue weighted by Crippen LogP contribution is -2.07. The molecule has 3 aromatic rings.